The molecule has 1 atom stereocenters. The lowest BCUT2D eigenvalue weighted by atomic mass is 10.2. The van der Waals surface area contributed by atoms with Crippen molar-refractivity contribution in [1.29, 1.82) is 0 Å². The van der Waals surface area contributed by atoms with E-state index in [0.29, 0.717) is 17.6 Å². The van der Waals surface area contributed by atoms with Gasteiger partial charge in [-0.3, -0.25) is 0 Å². The zero-order chi connectivity index (χ0) is 14.4. The molecular formula is C15H18ClN3O. The third-order valence-electron chi connectivity index (χ3n) is 2.88. The molecular weight excluding hydrogens is 274 g/mol. The van der Waals surface area contributed by atoms with Gasteiger partial charge in [0.1, 0.15) is 11.0 Å². The zero-order valence-electron chi connectivity index (χ0n) is 11.6. The van der Waals surface area contributed by atoms with Gasteiger partial charge in [-0.1, -0.05) is 41.9 Å². The molecule has 1 N–H and O–H groups in total. The van der Waals surface area contributed by atoms with Gasteiger partial charge in [0.05, 0.1) is 0 Å². The zero-order valence-corrected chi connectivity index (χ0v) is 12.4. The predicted molar refractivity (Wildman–Crippen MR) is 82.1 cm³/mol. The Kier molecular flexibility index (Phi) is 5.32. The summed E-state index contributed by atoms with van der Waals surface area (Å²) in [4.78, 5) is 8.77. The van der Waals surface area contributed by atoms with E-state index in [-0.39, 0.29) is 6.04 Å². The fourth-order valence-electron chi connectivity index (χ4n) is 1.83. The van der Waals surface area contributed by atoms with E-state index in [1.54, 1.807) is 13.2 Å². The standard InChI is InChI=1S/C15H18ClN3O/c1-11(8-9-20-2)17-14-10-13(16)18-15(19-14)12-6-4-3-5-7-12/h3-7,10-11H,8-9H2,1-2H3,(H,17,18,19). The van der Waals surface area contributed by atoms with E-state index in [1.807, 2.05) is 30.3 Å². The molecule has 0 aliphatic rings. The summed E-state index contributed by atoms with van der Waals surface area (Å²) in [6.45, 7) is 2.79. The van der Waals surface area contributed by atoms with Crippen LogP contribution in [0.5, 0.6) is 0 Å². The van der Waals surface area contributed by atoms with Crippen molar-refractivity contribution < 1.29 is 4.74 Å². The fraction of sp³-hybridized carbons (Fsp3) is 0.333. The second-order valence-electron chi connectivity index (χ2n) is 4.59. The monoisotopic (exact) mass is 291 g/mol. The van der Waals surface area contributed by atoms with Crippen LogP contribution < -0.4 is 5.32 Å². The van der Waals surface area contributed by atoms with E-state index in [9.17, 15) is 0 Å². The van der Waals surface area contributed by atoms with Crippen LogP contribution in [0, 0.1) is 0 Å². The Morgan fingerprint density at radius 3 is 2.70 bits per heavy atom. The van der Waals surface area contributed by atoms with Gasteiger partial charge in [0.25, 0.3) is 0 Å². The first kappa shape index (κ1) is 14.8. The van der Waals surface area contributed by atoms with Crippen LogP contribution in [-0.4, -0.2) is 29.7 Å². The molecule has 0 aliphatic heterocycles. The van der Waals surface area contributed by atoms with Crippen LogP contribution in [0.3, 0.4) is 0 Å². The minimum Gasteiger partial charge on any atom is -0.385 e. The van der Waals surface area contributed by atoms with Gasteiger partial charge in [0.2, 0.25) is 0 Å². The van der Waals surface area contributed by atoms with Crippen LogP contribution in [0.1, 0.15) is 13.3 Å². The lowest BCUT2D eigenvalue weighted by Gasteiger charge is -2.14. The molecule has 5 heteroatoms. The average molecular weight is 292 g/mol. The number of nitrogens with zero attached hydrogens (tertiary/aromatic N) is 2. The topological polar surface area (TPSA) is 47.0 Å². The van der Waals surface area contributed by atoms with Crippen molar-refractivity contribution >= 4 is 17.4 Å². The molecule has 0 amide bonds. The molecule has 1 unspecified atom stereocenters. The van der Waals surface area contributed by atoms with E-state index in [1.165, 1.54) is 0 Å². The van der Waals surface area contributed by atoms with Gasteiger partial charge >= 0.3 is 0 Å². The van der Waals surface area contributed by atoms with Crippen molar-refractivity contribution in [3.05, 3.63) is 41.6 Å². The highest BCUT2D eigenvalue weighted by molar-refractivity contribution is 6.29. The first-order chi connectivity index (χ1) is 9.69. The summed E-state index contributed by atoms with van der Waals surface area (Å²) in [5.74, 6) is 1.35. The summed E-state index contributed by atoms with van der Waals surface area (Å²) in [5.41, 5.74) is 0.947. The van der Waals surface area contributed by atoms with Crippen LogP contribution in [0.15, 0.2) is 36.4 Å². The number of rotatable bonds is 6. The van der Waals surface area contributed by atoms with Gasteiger partial charge in [0, 0.05) is 31.4 Å². The number of anilines is 1. The summed E-state index contributed by atoms with van der Waals surface area (Å²) in [7, 11) is 1.70. The number of aromatic nitrogens is 2. The Balaban J connectivity index is 2.17. The largest absolute Gasteiger partial charge is 0.385 e. The van der Waals surface area contributed by atoms with Crippen LogP contribution >= 0.6 is 11.6 Å². The van der Waals surface area contributed by atoms with E-state index >= 15 is 0 Å². The van der Waals surface area contributed by atoms with Gasteiger partial charge in [-0.25, -0.2) is 9.97 Å². The first-order valence-electron chi connectivity index (χ1n) is 6.54. The Morgan fingerprint density at radius 2 is 2.00 bits per heavy atom. The number of benzene rings is 1. The lowest BCUT2D eigenvalue weighted by molar-refractivity contribution is 0.191. The summed E-state index contributed by atoms with van der Waals surface area (Å²) in [6, 6.07) is 11.8. The third kappa shape index (κ3) is 4.18. The summed E-state index contributed by atoms with van der Waals surface area (Å²) < 4.78 is 5.07. The van der Waals surface area contributed by atoms with Gasteiger partial charge in [-0.05, 0) is 13.3 Å². The highest BCUT2D eigenvalue weighted by Crippen LogP contribution is 2.20. The fourth-order valence-corrected chi connectivity index (χ4v) is 2.01. The maximum Gasteiger partial charge on any atom is 0.163 e. The molecule has 2 aromatic rings. The third-order valence-corrected chi connectivity index (χ3v) is 3.07. The SMILES string of the molecule is COCCC(C)Nc1cc(Cl)nc(-c2ccccc2)n1. The van der Waals surface area contributed by atoms with Crippen molar-refractivity contribution in [1.82, 2.24) is 9.97 Å². The van der Waals surface area contributed by atoms with Crippen LogP contribution in [0.2, 0.25) is 5.15 Å². The molecule has 1 aromatic carbocycles. The molecule has 106 valence electrons. The molecule has 0 saturated heterocycles. The van der Waals surface area contributed by atoms with Crippen molar-refractivity contribution in [2.45, 2.75) is 19.4 Å². The molecule has 0 fully saturated rings. The number of methoxy groups -OCH3 is 1. The Hall–Kier alpha value is -1.65. The van der Waals surface area contributed by atoms with Crippen molar-refractivity contribution in [2.24, 2.45) is 0 Å². The first-order valence-corrected chi connectivity index (χ1v) is 6.92. The smallest absolute Gasteiger partial charge is 0.163 e. The molecule has 4 nitrogen and oxygen atoms in total. The number of nitrogens with one attached hydrogen (secondary N) is 1. The lowest BCUT2D eigenvalue weighted by Crippen LogP contribution is -2.18. The number of ether oxygens (including phenoxy) is 1. The second-order valence-corrected chi connectivity index (χ2v) is 4.98. The van der Waals surface area contributed by atoms with Crippen molar-refractivity contribution in [2.75, 3.05) is 19.0 Å². The maximum atomic E-state index is 6.07. The Morgan fingerprint density at radius 1 is 1.25 bits per heavy atom. The molecule has 1 aromatic heterocycles. The van der Waals surface area contributed by atoms with Crippen molar-refractivity contribution in [3.63, 3.8) is 0 Å². The Bertz CT molecular complexity index is 548. The number of halogens is 1. The van der Waals surface area contributed by atoms with Crippen LogP contribution in [-0.2, 0) is 4.74 Å². The maximum absolute atomic E-state index is 6.07. The van der Waals surface area contributed by atoms with Crippen molar-refractivity contribution in [3.8, 4) is 11.4 Å². The van der Waals surface area contributed by atoms with Crippen LogP contribution in [0.25, 0.3) is 11.4 Å². The minimum atomic E-state index is 0.254. The molecule has 20 heavy (non-hydrogen) atoms. The second kappa shape index (κ2) is 7.22. The van der Waals surface area contributed by atoms with E-state index < -0.39 is 0 Å². The average Bonchev–Trinajstić information content (AvgIpc) is 2.45. The highest BCUT2D eigenvalue weighted by atomic mass is 35.5. The predicted octanol–water partition coefficient (Wildman–Crippen LogP) is 3.63. The number of hydrogen-bond donors (Lipinski definition) is 1. The normalized spacial score (nSPS) is 12.2. The summed E-state index contributed by atoms with van der Waals surface area (Å²) in [5, 5.41) is 3.74. The molecule has 0 saturated carbocycles. The van der Waals surface area contributed by atoms with Gasteiger partial charge in [-0.15, -0.1) is 0 Å². The van der Waals surface area contributed by atoms with Gasteiger partial charge < -0.3 is 10.1 Å². The summed E-state index contributed by atoms with van der Waals surface area (Å²) >= 11 is 6.07. The van der Waals surface area contributed by atoms with E-state index in [0.717, 1.165) is 17.8 Å². The molecule has 0 radical (unpaired) electrons. The quantitative estimate of drug-likeness (QED) is 0.826. The molecule has 0 aliphatic carbocycles. The summed E-state index contributed by atoms with van der Waals surface area (Å²) in [6.07, 6.45) is 0.902. The van der Waals surface area contributed by atoms with Crippen LogP contribution in [0.4, 0.5) is 5.82 Å². The number of hydrogen-bond acceptors (Lipinski definition) is 4. The van der Waals surface area contributed by atoms with Gasteiger partial charge in [0.15, 0.2) is 5.82 Å². The van der Waals surface area contributed by atoms with E-state index in [4.69, 9.17) is 16.3 Å². The minimum absolute atomic E-state index is 0.254. The molecule has 0 spiro atoms. The van der Waals surface area contributed by atoms with E-state index in [2.05, 4.69) is 22.2 Å². The highest BCUT2D eigenvalue weighted by Gasteiger charge is 2.08. The molecule has 0 bridgehead atoms. The Labute approximate surface area is 124 Å². The van der Waals surface area contributed by atoms with Gasteiger partial charge in [-0.2, -0.15) is 0 Å². The molecule has 2 rings (SSSR count). The molecule has 1 heterocycles.